The summed E-state index contributed by atoms with van der Waals surface area (Å²) in [4.78, 5) is 8.37. The average molecular weight is 243 g/mol. The van der Waals surface area contributed by atoms with Crippen LogP contribution in [0.2, 0.25) is 0 Å². The average Bonchev–Trinajstić information content (AvgIpc) is 2.85. The molecule has 0 saturated carbocycles. The molecule has 0 spiro atoms. The third-order valence-corrected chi connectivity index (χ3v) is 2.93. The van der Waals surface area contributed by atoms with Crippen LogP contribution in [0.25, 0.3) is 11.3 Å². The van der Waals surface area contributed by atoms with Crippen molar-refractivity contribution in [3.8, 4) is 22.8 Å². The maximum absolute atomic E-state index is 5.59. The lowest BCUT2D eigenvalue weighted by molar-refractivity contribution is 0.174. The molecule has 0 unspecified atom stereocenters. The van der Waals surface area contributed by atoms with Gasteiger partial charge in [0.15, 0.2) is 11.5 Å². The summed E-state index contributed by atoms with van der Waals surface area (Å²) in [5.74, 6) is 1.54. The fourth-order valence-electron chi connectivity index (χ4n) is 1.98. The lowest BCUT2D eigenvalue weighted by Gasteiger charge is -2.07. The van der Waals surface area contributed by atoms with Crippen molar-refractivity contribution in [2.75, 3.05) is 6.79 Å². The summed E-state index contributed by atoms with van der Waals surface area (Å²) >= 11 is 0. The number of hydrogen-bond acceptors (Lipinski definition) is 5. The number of nitrogens with two attached hydrogens (primary N) is 1. The molecule has 1 aromatic carbocycles. The molecule has 1 aliphatic heterocycles. The normalized spacial score (nSPS) is 12.8. The topological polar surface area (TPSA) is 70.3 Å². The number of aromatic nitrogens is 2. The maximum Gasteiger partial charge on any atom is 0.231 e. The number of aryl methyl sites for hydroxylation is 1. The lowest BCUT2D eigenvalue weighted by Crippen LogP contribution is -2.00. The van der Waals surface area contributed by atoms with Crippen molar-refractivity contribution in [1.29, 1.82) is 0 Å². The van der Waals surface area contributed by atoms with E-state index in [2.05, 4.69) is 9.97 Å². The number of ether oxygens (including phenoxy) is 2. The molecule has 1 aliphatic rings. The highest BCUT2D eigenvalue weighted by Crippen LogP contribution is 2.37. The summed E-state index contributed by atoms with van der Waals surface area (Å²) in [6.07, 6.45) is 1.53. The van der Waals surface area contributed by atoms with Gasteiger partial charge in [-0.3, -0.25) is 0 Å². The van der Waals surface area contributed by atoms with Crippen molar-refractivity contribution >= 4 is 0 Å². The maximum atomic E-state index is 5.59. The van der Waals surface area contributed by atoms with Gasteiger partial charge in [0.1, 0.15) is 6.33 Å². The zero-order valence-corrected chi connectivity index (χ0v) is 10.0. The first kappa shape index (κ1) is 11.0. The number of nitrogens with zero attached hydrogens (tertiary/aromatic N) is 2. The molecule has 92 valence electrons. The molecule has 5 nitrogen and oxygen atoms in total. The van der Waals surface area contributed by atoms with Gasteiger partial charge < -0.3 is 15.2 Å². The van der Waals surface area contributed by atoms with Gasteiger partial charge >= 0.3 is 0 Å². The number of rotatable bonds is 2. The molecule has 5 heteroatoms. The Balaban J connectivity index is 2.10. The zero-order chi connectivity index (χ0) is 12.5. The number of hydrogen-bond donors (Lipinski definition) is 1. The Bertz CT molecular complexity index is 599. The van der Waals surface area contributed by atoms with Gasteiger partial charge in [-0.25, -0.2) is 9.97 Å². The van der Waals surface area contributed by atoms with E-state index in [9.17, 15) is 0 Å². The largest absolute Gasteiger partial charge is 0.454 e. The Morgan fingerprint density at radius 2 is 1.94 bits per heavy atom. The molecule has 0 saturated heterocycles. The van der Waals surface area contributed by atoms with Gasteiger partial charge in [-0.2, -0.15) is 0 Å². The fraction of sp³-hybridized carbons (Fsp3) is 0.231. The first-order chi connectivity index (χ1) is 8.78. The van der Waals surface area contributed by atoms with E-state index in [0.717, 1.165) is 34.0 Å². The number of fused-ring (bicyclic) bond motifs is 1. The molecule has 0 aliphatic carbocycles. The quantitative estimate of drug-likeness (QED) is 0.868. The molecule has 1 aromatic heterocycles. The summed E-state index contributed by atoms with van der Waals surface area (Å²) < 4.78 is 10.7. The monoisotopic (exact) mass is 243 g/mol. The molecule has 0 amide bonds. The van der Waals surface area contributed by atoms with Crippen LogP contribution in [0.4, 0.5) is 0 Å². The van der Waals surface area contributed by atoms with Crippen molar-refractivity contribution < 1.29 is 9.47 Å². The summed E-state index contributed by atoms with van der Waals surface area (Å²) in [7, 11) is 0. The van der Waals surface area contributed by atoms with Gasteiger partial charge in [0.25, 0.3) is 0 Å². The van der Waals surface area contributed by atoms with Crippen LogP contribution in [0.5, 0.6) is 11.5 Å². The highest BCUT2D eigenvalue weighted by molar-refractivity contribution is 5.68. The van der Waals surface area contributed by atoms with Crippen molar-refractivity contribution in [3.05, 3.63) is 35.8 Å². The Hall–Kier alpha value is -2.14. The fourth-order valence-corrected chi connectivity index (χ4v) is 1.98. The van der Waals surface area contributed by atoms with E-state index in [-0.39, 0.29) is 6.79 Å². The van der Waals surface area contributed by atoms with Crippen molar-refractivity contribution in [1.82, 2.24) is 9.97 Å². The Labute approximate surface area is 105 Å². The van der Waals surface area contributed by atoms with Gasteiger partial charge in [-0.05, 0) is 30.7 Å². The predicted molar refractivity (Wildman–Crippen MR) is 66.2 cm³/mol. The SMILES string of the molecule is Cc1cc2c(cc1-c1cc(CN)ncn1)OCO2. The van der Waals surface area contributed by atoms with Crippen LogP contribution >= 0.6 is 0 Å². The van der Waals surface area contributed by atoms with Gasteiger partial charge in [0, 0.05) is 12.1 Å². The highest BCUT2D eigenvalue weighted by atomic mass is 16.7. The second-order valence-electron chi connectivity index (χ2n) is 4.12. The Morgan fingerprint density at radius 1 is 1.17 bits per heavy atom. The van der Waals surface area contributed by atoms with E-state index in [1.807, 2.05) is 25.1 Å². The van der Waals surface area contributed by atoms with Crippen LogP contribution < -0.4 is 15.2 Å². The second kappa shape index (κ2) is 4.27. The lowest BCUT2D eigenvalue weighted by atomic mass is 10.0. The minimum atomic E-state index is 0.274. The highest BCUT2D eigenvalue weighted by Gasteiger charge is 2.17. The molecule has 0 bridgehead atoms. The molecule has 0 fully saturated rings. The molecular formula is C13H13N3O2. The van der Waals surface area contributed by atoms with Gasteiger partial charge in [-0.15, -0.1) is 0 Å². The van der Waals surface area contributed by atoms with Crippen LogP contribution in [0.15, 0.2) is 24.5 Å². The van der Waals surface area contributed by atoms with Gasteiger partial charge in [-0.1, -0.05) is 0 Å². The van der Waals surface area contributed by atoms with Crippen LogP contribution in [0.3, 0.4) is 0 Å². The molecule has 2 heterocycles. The summed E-state index contributed by atoms with van der Waals surface area (Å²) in [6.45, 7) is 2.69. The zero-order valence-electron chi connectivity index (χ0n) is 10.0. The molecule has 0 radical (unpaired) electrons. The van der Waals surface area contributed by atoms with E-state index in [0.29, 0.717) is 6.54 Å². The van der Waals surface area contributed by atoms with Gasteiger partial charge in [0.05, 0.1) is 11.4 Å². The van der Waals surface area contributed by atoms with E-state index in [1.165, 1.54) is 6.33 Å². The summed E-state index contributed by atoms with van der Waals surface area (Å²) in [6, 6.07) is 5.80. The molecule has 18 heavy (non-hydrogen) atoms. The molecule has 0 atom stereocenters. The minimum absolute atomic E-state index is 0.274. The third kappa shape index (κ3) is 1.78. The third-order valence-electron chi connectivity index (χ3n) is 2.93. The Kier molecular flexibility index (Phi) is 2.60. The molecule has 3 rings (SSSR count). The summed E-state index contributed by atoms with van der Waals surface area (Å²) in [5, 5.41) is 0. The first-order valence-corrected chi connectivity index (χ1v) is 5.69. The standard InChI is InChI=1S/C13H13N3O2/c1-8-2-12-13(18-7-17-12)4-10(8)11-3-9(5-14)15-6-16-11/h2-4,6H,5,7,14H2,1H3. The molecule has 2 aromatic rings. The Morgan fingerprint density at radius 3 is 2.72 bits per heavy atom. The van der Waals surface area contributed by atoms with Crippen molar-refractivity contribution in [3.63, 3.8) is 0 Å². The van der Waals surface area contributed by atoms with Crippen molar-refractivity contribution in [2.45, 2.75) is 13.5 Å². The smallest absolute Gasteiger partial charge is 0.231 e. The van der Waals surface area contributed by atoms with Crippen molar-refractivity contribution in [2.24, 2.45) is 5.73 Å². The van der Waals surface area contributed by atoms with E-state index in [4.69, 9.17) is 15.2 Å². The van der Waals surface area contributed by atoms with E-state index < -0.39 is 0 Å². The van der Waals surface area contributed by atoms with E-state index in [1.54, 1.807) is 0 Å². The van der Waals surface area contributed by atoms with Crippen LogP contribution in [-0.4, -0.2) is 16.8 Å². The van der Waals surface area contributed by atoms with Crippen LogP contribution in [0.1, 0.15) is 11.3 Å². The van der Waals surface area contributed by atoms with Crippen LogP contribution in [-0.2, 0) is 6.54 Å². The second-order valence-corrected chi connectivity index (χ2v) is 4.12. The summed E-state index contributed by atoms with van der Waals surface area (Å²) in [5.41, 5.74) is 9.35. The number of benzene rings is 1. The predicted octanol–water partition coefficient (Wildman–Crippen LogP) is 1.64. The first-order valence-electron chi connectivity index (χ1n) is 5.69. The minimum Gasteiger partial charge on any atom is -0.454 e. The van der Waals surface area contributed by atoms with E-state index >= 15 is 0 Å². The van der Waals surface area contributed by atoms with Crippen LogP contribution in [0, 0.1) is 6.92 Å². The molecular weight excluding hydrogens is 230 g/mol. The van der Waals surface area contributed by atoms with Gasteiger partial charge in [0.2, 0.25) is 6.79 Å². The molecule has 2 N–H and O–H groups in total.